The molecule has 4 aliphatic carbocycles. The van der Waals surface area contributed by atoms with Crippen LogP contribution in [0.4, 0.5) is 0 Å². The van der Waals surface area contributed by atoms with E-state index in [4.69, 9.17) is 4.43 Å². The molecule has 0 amide bonds. The highest BCUT2D eigenvalue weighted by Crippen LogP contribution is 2.67. The van der Waals surface area contributed by atoms with E-state index < -0.39 is 8.32 Å². The summed E-state index contributed by atoms with van der Waals surface area (Å²) in [6.07, 6.45) is 6.84. The van der Waals surface area contributed by atoms with Crippen LogP contribution in [0.1, 0.15) is 65.7 Å². The van der Waals surface area contributed by atoms with Gasteiger partial charge in [-0.05, 0) is 99.6 Å². The van der Waals surface area contributed by atoms with E-state index in [1.54, 1.807) is 0 Å². The van der Waals surface area contributed by atoms with Gasteiger partial charge in [-0.2, -0.15) is 5.26 Å². The maximum Gasteiger partial charge on any atom is 0.184 e. The van der Waals surface area contributed by atoms with Crippen molar-refractivity contribution in [2.45, 2.75) is 97.6 Å². The first-order chi connectivity index (χ1) is 13.9. The third kappa shape index (κ3) is 3.42. The van der Waals surface area contributed by atoms with Crippen LogP contribution in [0.5, 0.6) is 0 Å². The molecule has 4 fully saturated rings. The van der Waals surface area contributed by atoms with Crippen LogP contribution in [-0.2, 0) is 9.22 Å². The number of aliphatic hydroxyl groups is 1. The predicted molar refractivity (Wildman–Crippen MR) is 120 cm³/mol. The first-order valence-electron chi connectivity index (χ1n) is 12.2. The maximum absolute atomic E-state index is 13.0. The summed E-state index contributed by atoms with van der Waals surface area (Å²) in [7, 11) is -1.58. The number of nitrogens with zero attached hydrogens (tertiary/aromatic N) is 1. The Hall–Kier alpha value is -0.703. The molecule has 4 nitrogen and oxygen atoms in total. The zero-order chi connectivity index (χ0) is 22.1. The second-order valence-corrected chi connectivity index (χ2v) is 17.0. The van der Waals surface area contributed by atoms with Gasteiger partial charge in [-0.1, -0.05) is 13.8 Å². The topological polar surface area (TPSA) is 70.3 Å². The van der Waals surface area contributed by atoms with Crippen LogP contribution in [-0.4, -0.2) is 31.4 Å². The number of nitriles is 1. The van der Waals surface area contributed by atoms with Gasteiger partial charge in [0.05, 0.1) is 18.1 Å². The highest BCUT2D eigenvalue weighted by molar-refractivity contribution is 6.69. The Morgan fingerprint density at radius 3 is 2.40 bits per heavy atom. The molecule has 4 aliphatic rings. The van der Waals surface area contributed by atoms with Crippen LogP contribution in [0.3, 0.4) is 0 Å². The molecular weight excluding hydrogens is 390 g/mol. The van der Waals surface area contributed by atoms with E-state index in [-0.39, 0.29) is 28.8 Å². The first kappa shape index (κ1) is 22.5. The van der Waals surface area contributed by atoms with Gasteiger partial charge in [0.25, 0.3) is 0 Å². The van der Waals surface area contributed by atoms with E-state index >= 15 is 0 Å². The van der Waals surface area contributed by atoms with Crippen molar-refractivity contribution in [3.05, 3.63) is 0 Å². The Balaban J connectivity index is 1.59. The molecule has 1 N–H and O–H groups in total. The highest BCUT2D eigenvalue weighted by atomic mass is 28.4. The van der Waals surface area contributed by atoms with E-state index in [0.29, 0.717) is 42.0 Å². The molecule has 0 spiro atoms. The van der Waals surface area contributed by atoms with Crippen LogP contribution in [0.15, 0.2) is 0 Å². The maximum atomic E-state index is 13.0. The SMILES string of the molecule is C[C@H](C#N)C1C(=O)CC2C3C[C@H](O)C4C[C@@H](O[Si](C)(C)C)CC[C@]4(C)C3CC[C@@]21C. The molecule has 0 heterocycles. The predicted octanol–water partition coefficient (Wildman–Crippen LogP) is 5.17. The zero-order valence-electron chi connectivity index (χ0n) is 19.8. The molecule has 0 radical (unpaired) electrons. The summed E-state index contributed by atoms with van der Waals surface area (Å²) in [5, 5.41) is 20.9. The van der Waals surface area contributed by atoms with Crippen molar-refractivity contribution < 1.29 is 14.3 Å². The molecule has 0 aromatic heterocycles. The van der Waals surface area contributed by atoms with Crippen molar-refractivity contribution >= 4 is 14.1 Å². The molecule has 5 unspecified atom stereocenters. The monoisotopic (exact) mass is 431 g/mol. The molecule has 0 saturated heterocycles. The lowest BCUT2D eigenvalue weighted by Crippen LogP contribution is -2.58. The normalized spacial score (nSPS) is 49.5. The Morgan fingerprint density at radius 1 is 1.10 bits per heavy atom. The number of hydrogen-bond donors (Lipinski definition) is 1. The fourth-order valence-electron chi connectivity index (χ4n) is 8.62. The van der Waals surface area contributed by atoms with E-state index in [2.05, 4.69) is 39.6 Å². The lowest BCUT2D eigenvalue weighted by Gasteiger charge is -2.62. The zero-order valence-corrected chi connectivity index (χ0v) is 20.8. The van der Waals surface area contributed by atoms with Crippen LogP contribution in [0.2, 0.25) is 19.6 Å². The average molecular weight is 432 g/mol. The number of carbonyl (C=O) groups excluding carboxylic acids is 1. The van der Waals surface area contributed by atoms with Crippen molar-refractivity contribution in [1.29, 1.82) is 5.26 Å². The standard InChI is InChI=1S/C25H41NO3Si/c1-15(14-26)23-22(28)13-19-17-12-21(27)20-11-16(29-30(4,5)6)7-9-24(20,2)18(17)8-10-25(19,23)3/h15-21,23,27H,7-13H2,1-6H3/t15-,16+,17?,18?,19?,20?,21+,23?,24-,25+/m1/s1. The first-order valence-corrected chi connectivity index (χ1v) is 15.6. The summed E-state index contributed by atoms with van der Waals surface area (Å²) in [4.78, 5) is 13.0. The molecule has 4 saturated carbocycles. The second kappa shape index (κ2) is 7.42. The van der Waals surface area contributed by atoms with Gasteiger partial charge in [0, 0.05) is 18.4 Å². The quantitative estimate of drug-likeness (QED) is 0.625. The van der Waals surface area contributed by atoms with Crippen molar-refractivity contribution in [3.8, 4) is 6.07 Å². The molecule has 4 rings (SSSR count). The average Bonchev–Trinajstić information content (AvgIpc) is 2.92. The van der Waals surface area contributed by atoms with E-state index in [1.807, 2.05) is 6.92 Å². The summed E-state index contributed by atoms with van der Waals surface area (Å²) in [6, 6.07) is 2.37. The molecule has 5 heteroatoms. The van der Waals surface area contributed by atoms with Crippen LogP contribution in [0, 0.1) is 57.7 Å². The molecule has 30 heavy (non-hydrogen) atoms. The van der Waals surface area contributed by atoms with Crippen molar-refractivity contribution in [2.24, 2.45) is 46.3 Å². The number of carbonyl (C=O) groups is 1. The van der Waals surface area contributed by atoms with Gasteiger partial charge in [0.1, 0.15) is 5.78 Å². The second-order valence-electron chi connectivity index (χ2n) is 12.5. The minimum Gasteiger partial charge on any atom is -0.415 e. The number of ketones is 1. The third-order valence-electron chi connectivity index (χ3n) is 9.77. The lowest BCUT2D eigenvalue weighted by molar-refractivity contribution is -0.170. The van der Waals surface area contributed by atoms with Gasteiger partial charge in [-0.25, -0.2) is 0 Å². The highest BCUT2D eigenvalue weighted by Gasteiger charge is 2.64. The number of hydrogen-bond acceptors (Lipinski definition) is 4. The minimum absolute atomic E-state index is 0.0749. The van der Waals surface area contributed by atoms with Gasteiger partial charge in [0.2, 0.25) is 0 Å². The molecule has 10 atom stereocenters. The van der Waals surface area contributed by atoms with Crippen molar-refractivity contribution in [1.82, 2.24) is 0 Å². The summed E-state index contributed by atoms with van der Waals surface area (Å²) in [6.45, 7) is 13.4. The summed E-state index contributed by atoms with van der Waals surface area (Å²) < 4.78 is 6.46. The molecule has 0 aromatic rings. The van der Waals surface area contributed by atoms with Crippen LogP contribution in [0.25, 0.3) is 0 Å². The van der Waals surface area contributed by atoms with Crippen molar-refractivity contribution in [2.75, 3.05) is 0 Å². The fourth-order valence-corrected chi connectivity index (χ4v) is 9.84. The van der Waals surface area contributed by atoms with Gasteiger partial charge in [-0.15, -0.1) is 0 Å². The lowest BCUT2D eigenvalue weighted by atomic mass is 9.44. The Morgan fingerprint density at radius 2 is 1.77 bits per heavy atom. The van der Waals surface area contributed by atoms with E-state index in [0.717, 1.165) is 38.5 Å². The van der Waals surface area contributed by atoms with E-state index in [9.17, 15) is 15.2 Å². The molecule has 0 aliphatic heterocycles. The Labute approximate surface area is 183 Å². The largest absolute Gasteiger partial charge is 0.415 e. The minimum atomic E-state index is -1.58. The van der Waals surface area contributed by atoms with Gasteiger partial charge < -0.3 is 9.53 Å². The van der Waals surface area contributed by atoms with Crippen LogP contribution < -0.4 is 0 Å². The smallest absolute Gasteiger partial charge is 0.184 e. The van der Waals surface area contributed by atoms with E-state index in [1.165, 1.54) is 0 Å². The van der Waals surface area contributed by atoms with Gasteiger partial charge in [0.15, 0.2) is 8.32 Å². The number of rotatable bonds is 3. The van der Waals surface area contributed by atoms with Crippen LogP contribution >= 0.6 is 0 Å². The third-order valence-corrected chi connectivity index (χ3v) is 10.8. The summed E-state index contributed by atoms with van der Waals surface area (Å²) in [5.74, 6) is 1.59. The van der Waals surface area contributed by atoms with Gasteiger partial charge >= 0.3 is 0 Å². The molecule has 168 valence electrons. The molecular formula is C25H41NO3Si. The summed E-state index contributed by atoms with van der Waals surface area (Å²) in [5.41, 5.74) is 0.0689. The van der Waals surface area contributed by atoms with Crippen molar-refractivity contribution in [3.63, 3.8) is 0 Å². The molecule has 0 aromatic carbocycles. The number of fused-ring (bicyclic) bond motifs is 5. The Kier molecular flexibility index (Phi) is 5.56. The Bertz CT molecular complexity index is 742. The number of Topliss-reactive ketones (excluding diaryl/α,β-unsaturated/α-hetero) is 1. The molecule has 0 bridgehead atoms. The summed E-state index contributed by atoms with van der Waals surface area (Å²) >= 11 is 0. The number of aliphatic hydroxyl groups excluding tert-OH is 1. The van der Waals surface area contributed by atoms with Gasteiger partial charge in [-0.3, -0.25) is 4.79 Å². The fraction of sp³-hybridized carbons (Fsp3) is 0.920.